The van der Waals surface area contributed by atoms with E-state index in [0.717, 1.165) is 49.8 Å². The summed E-state index contributed by atoms with van der Waals surface area (Å²) >= 11 is 0. The predicted octanol–water partition coefficient (Wildman–Crippen LogP) is 3.37. The number of hydrogen-bond acceptors (Lipinski definition) is 3. The van der Waals surface area contributed by atoms with Gasteiger partial charge in [0.15, 0.2) is 11.6 Å². The summed E-state index contributed by atoms with van der Waals surface area (Å²) in [5.74, 6) is 1.83. The number of nitrogens with zero attached hydrogens (tertiary/aromatic N) is 4. The molecule has 2 heterocycles. The molecule has 0 saturated heterocycles. The number of aromatic nitrogens is 3. The number of hydrogen-bond donors (Lipinski definition) is 2. The minimum absolute atomic E-state index is 0.196. The number of aryl methyl sites for hydroxylation is 1. The maximum Gasteiger partial charge on any atom is 0.190 e. The zero-order valence-electron chi connectivity index (χ0n) is 17.9. The normalized spacial score (nSPS) is 12.3. The van der Waals surface area contributed by atoms with Gasteiger partial charge < -0.3 is 10.6 Å². The molecule has 1 aromatic carbocycles. The van der Waals surface area contributed by atoms with Crippen molar-refractivity contribution in [1.29, 1.82) is 0 Å². The average molecular weight is 393 g/mol. The number of benzene rings is 1. The van der Waals surface area contributed by atoms with Gasteiger partial charge in [-0.15, -0.1) is 10.2 Å². The molecule has 0 amide bonds. The molecule has 0 aliphatic carbocycles. The van der Waals surface area contributed by atoms with Gasteiger partial charge in [-0.1, -0.05) is 51.1 Å². The Hall–Kier alpha value is -2.89. The molecule has 3 rings (SSSR count). The maximum absolute atomic E-state index is 4.31. The first-order valence-corrected chi connectivity index (χ1v) is 10.3. The molecule has 3 aromatic rings. The highest BCUT2D eigenvalue weighted by molar-refractivity contribution is 5.79. The molecular weight excluding hydrogens is 360 g/mol. The Morgan fingerprint density at radius 2 is 1.72 bits per heavy atom. The lowest BCUT2D eigenvalue weighted by Gasteiger charge is -2.19. The molecule has 2 aromatic heterocycles. The highest BCUT2D eigenvalue weighted by Crippen LogP contribution is 2.22. The van der Waals surface area contributed by atoms with Crippen LogP contribution >= 0.6 is 0 Å². The van der Waals surface area contributed by atoms with E-state index in [2.05, 4.69) is 70.9 Å². The third-order valence-corrected chi connectivity index (χ3v) is 5.00. The molecule has 0 spiro atoms. The molecule has 0 aliphatic rings. The second-order valence-electron chi connectivity index (χ2n) is 8.27. The highest BCUT2D eigenvalue weighted by atomic mass is 15.2. The summed E-state index contributed by atoms with van der Waals surface area (Å²) in [5, 5.41) is 15.2. The van der Waals surface area contributed by atoms with Gasteiger partial charge in [-0.3, -0.25) is 9.39 Å². The van der Waals surface area contributed by atoms with Crippen molar-refractivity contribution in [3.05, 3.63) is 65.6 Å². The molecular formula is C23H32N6. The van der Waals surface area contributed by atoms with E-state index in [1.54, 1.807) is 7.05 Å². The smallest absolute Gasteiger partial charge is 0.190 e. The van der Waals surface area contributed by atoms with Crippen LogP contribution in [0, 0.1) is 0 Å². The zero-order chi connectivity index (χ0) is 20.7. The standard InChI is InChI=1S/C23H32N6/c1-23(2,3)19-12-10-18(11-13-19)14-16-26-22(24-4)25-15-7-9-21-28-27-20-8-5-6-17-29(20)21/h5-6,8,10-13,17H,7,9,14-16H2,1-4H3,(H2,24,25,26). The number of rotatable bonds is 7. The fourth-order valence-electron chi connectivity index (χ4n) is 3.23. The zero-order valence-corrected chi connectivity index (χ0v) is 17.9. The summed E-state index contributed by atoms with van der Waals surface area (Å²) in [6.45, 7) is 8.41. The summed E-state index contributed by atoms with van der Waals surface area (Å²) in [4.78, 5) is 4.31. The molecule has 0 fully saturated rings. The lowest BCUT2D eigenvalue weighted by Crippen LogP contribution is -2.38. The Balaban J connectivity index is 1.38. The fraction of sp³-hybridized carbons (Fsp3) is 0.435. The molecule has 6 nitrogen and oxygen atoms in total. The van der Waals surface area contributed by atoms with Crippen molar-refractivity contribution in [2.24, 2.45) is 4.99 Å². The molecule has 0 saturated carbocycles. The van der Waals surface area contributed by atoms with Crippen molar-refractivity contribution in [1.82, 2.24) is 25.2 Å². The van der Waals surface area contributed by atoms with Gasteiger partial charge in [-0.25, -0.2) is 0 Å². The molecule has 6 heteroatoms. The first-order chi connectivity index (χ1) is 14.0. The second-order valence-corrected chi connectivity index (χ2v) is 8.27. The fourth-order valence-corrected chi connectivity index (χ4v) is 3.23. The summed E-state index contributed by atoms with van der Waals surface area (Å²) in [6, 6.07) is 14.9. The minimum atomic E-state index is 0.196. The van der Waals surface area contributed by atoms with Crippen LogP contribution in [0.15, 0.2) is 53.7 Å². The Kier molecular flexibility index (Phi) is 6.86. The van der Waals surface area contributed by atoms with Crippen LogP contribution in [0.25, 0.3) is 5.65 Å². The summed E-state index contributed by atoms with van der Waals surface area (Å²) in [6.07, 6.45) is 4.81. The van der Waals surface area contributed by atoms with E-state index in [0.29, 0.717) is 0 Å². The lowest BCUT2D eigenvalue weighted by molar-refractivity contribution is 0.590. The molecule has 2 N–H and O–H groups in total. The third kappa shape index (κ3) is 5.79. The monoisotopic (exact) mass is 392 g/mol. The van der Waals surface area contributed by atoms with Crippen LogP contribution < -0.4 is 10.6 Å². The van der Waals surface area contributed by atoms with Gasteiger partial charge in [-0.05, 0) is 41.5 Å². The van der Waals surface area contributed by atoms with Crippen LogP contribution in [0.5, 0.6) is 0 Å². The SMILES string of the molecule is CN=C(NCCCc1nnc2ccccn12)NCCc1ccc(C(C)(C)C)cc1. The molecule has 154 valence electrons. The highest BCUT2D eigenvalue weighted by Gasteiger charge is 2.12. The Labute approximate surface area is 173 Å². The van der Waals surface area contributed by atoms with Crippen molar-refractivity contribution in [3.63, 3.8) is 0 Å². The van der Waals surface area contributed by atoms with Crippen LogP contribution in [-0.4, -0.2) is 40.7 Å². The van der Waals surface area contributed by atoms with Gasteiger partial charge in [-0.2, -0.15) is 0 Å². The molecule has 0 radical (unpaired) electrons. The van der Waals surface area contributed by atoms with Crippen molar-refractivity contribution >= 4 is 11.6 Å². The van der Waals surface area contributed by atoms with Gasteiger partial charge >= 0.3 is 0 Å². The van der Waals surface area contributed by atoms with Crippen LogP contribution in [0.3, 0.4) is 0 Å². The first kappa shape index (κ1) is 20.8. The van der Waals surface area contributed by atoms with Crippen LogP contribution in [0.2, 0.25) is 0 Å². The molecule has 0 atom stereocenters. The quantitative estimate of drug-likeness (QED) is 0.368. The van der Waals surface area contributed by atoms with E-state index >= 15 is 0 Å². The Morgan fingerprint density at radius 3 is 2.45 bits per heavy atom. The van der Waals surface area contributed by atoms with E-state index in [4.69, 9.17) is 0 Å². The molecule has 0 unspecified atom stereocenters. The van der Waals surface area contributed by atoms with Gasteiger partial charge in [0.25, 0.3) is 0 Å². The molecule has 29 heavy (non-hydrogen) atoms. The largest absolute Gasteiger partial charge is 0.356 e. The van der Waals surface area contributed by atoms with Gasteiger partial charge in [0, 0.05) is 32.8 Å². The topological polar surface area (TPSA) is 66.6 Å². The lowest BCUT2D eigenvalue weighted by atomic mass is 9.86. The van der Waals surface area contributed by atoms with E-state index in [1.807, 2.05) is 28.8 Å². The summed E-state index contributed by atoms with van der Waals surface area (Å²) in [7, 11) is 1.81. The van der Waals surface area contributed by atoms with Gasteiger partial charge in [0.2, 0.25) is 0 Å². The Morgan fingerprint density at radius 1 is 0.966 bits per heavy atom. The van der Waals surface area contributed by atoms with Crippen LogP contribution in [0.1, 0.15) is 44.1 Å². The molecule has 0 aliphatic heterocycles. The predicted molar refractivity (Wildman–Crippen MR) is 120 cm³/mol. The van der Waals surface area contributed by atoms with Crippen LogP contribution in [0.4, 0.5) is 0 Å². The van der Waals surface area contributed by atoms with E-state index < -0.39 is 0 Å². The van der Waals surface area contributed by atoms with Crippen molar-refractivity contribution in [3.8, 4) is 0 Å². The van der Waals surface area contributed by atoms with Crippen molar-refractivity contribution in [2.75, 3.05) is 20.1 Å². The van der Waals surface area contributed by atoms with E-state index in [1.165, 1.54) is 11.1 Å². The van der Waals surface area contributed by atoms with Crippen molar-refractivity contribution in [2.45, 2.75) is 45.4 Å². The van der Waals surface area contributed by atoms with E-state index in [9.17, 15) is 0 Å². The first-order valence-electron chi connectivity index (χ1n) is 10.3. The average Bonchev–Trinajstić information content (AvgIpc) is 3.12. The van der Waals surface area contributed by atoms with Gasteiger partial charge in [0.1, 0.15) is 5.82 Å². The van der Waals surface area contributed by atoms with Gasteiger partial charge in [0.05, 0.1) is 0 Å². The van der Waals surface area contributed by atoms with E-state index in [-0.39, 0.29) is 5.41 Å². The van der Waals surface area contributed by atoms with Crippen LogP contribution in [-0.2, 0) is 18.3 Å². The van der Waals surface area contributed by atoms with Crippen molar-refractivity contribution < 1.29 is 0 Å². The number of pyridine rings is 1. The second kappa shape index (κ2) is 9.54. The minimum Gasteiger partial charge on any atom is -0.356 e. The number of guanidine groups is 1. The number of nitrogens with one attached hydrogen (secondary N) is 2. The Bertz CT molecular complexity index is 934. The number of aliphatic imine (C=N–C) groups is 1. The number of fused-ring (bicyclic) bond motifs is 1. The molecule has 0 bridgehead atoms. The third-order valence-electron chi connectivity index (χ3n) is 5.00. The maximum atomic E-state index is 4.31. The summed E-state index contributed by atoms with van der Waals surface area (Å²) in [5.41, 5.74) is 3.79. The summed E-state index contributed by atoms with van der Waals surface area (Å²) < 4.78 is 2.04.